The fourth-order valence-corrected chi connectivity index (χ4v) is 2.27. The van der Waals surface area contributed by atoms with Gasteiger partial charge in [0.1, 0.15) is 17.2 Å². The Morgan fingerprint density at radius 1 is 1.33 bits per heavy atom. The number of aromatic nitrogens is 1. The summed E-state index contributed by atoms with van der Waals surface area (Å²) in [6.07, 6.45) is 3.18. The Morgan fingerprint density at radius 2 is 2.24 bits per heavy atom. The molecule has 2 heterocycles. The Bertz CT molecular complexity index is 652. The number of ether oxygens (including phenoxy) is 2. The zero-order valence-electron chi connectivity index (χ0n) is 11.4. The minimum atomic E-state index is -1.04. The number of benzene rings is 1. The molecule has 0 atom stereocenters. The number of nitrogens with zero attached hydrogens (tertiary/aromatic N) is 1. The first kappa shape index (κ1) is 13.4. The molecule has 1 aromatic heterocycles. The van der Waals surface area contributed by atoms with Crippen LogP contribution in [-0.2, 0) is 12.8 Å². The van der Waals surface area contributed by atoms with Crippen molar-refractivity contribution in [3.8, 4) is 11.5 Å². The highest BCUT2D eigenvalue weighted by Gasteiger charge is 2.11. The minimum Gasteiger partial charge on any atom is -0.493 e. The molecule has 0 saturated carbocycles. The summed E-state index contributed by atoms with van der Waals surface area (Å²) in [4.78, 5) is 14.5. The molecule has 108 valence electrons. The maximum atomic E-state index is 10.7. The van der Waals surface area contributed by atoms with Crippen molar-refractivity contribution in [3.63, 3.8) is 0 Å². The molecule has 5 heteroatoms. The molecule has 1 aliphatic heterocycles. The van der Waals surface area contributed by atoms with Crippen molar-refractivity contribution in [2.75, 3.05) is 13.2 Å². The predicted octanol–water partition coefficient (Wildman–Crippen LogP) is 2.34. The molecule has 1 N–H and O–H groups in total. The van der Waals surface area contributed by atoms with Crippen molar-refractivity contribution in [1.82, 2.24) is 4.98 Å². The lowest BCUT2D eigenvalue weighted by Gasteiger charge is -2.07. The van der Waals surface area contributed by atoms with Crippen LogP contribution in [0.1, 0.15) is 21.6 Å². The molecule has 3 rings (SSSR count). The Balaban J connectivity index is 1.55. The number of fused-ring (bicyclic) bond motifs is 1. The molecule has 5 nitrogen and oxygen atoms in total. The van der Waals surface area contributed by atoms with Crippen molar-refractivity contribution in [2.24, 2.45) is 0 Å². The number of carboxylic acid groups (broad SMARTS) is 1. The Labute approximate surface area is 122 Å². The van der Waals surface area contributed by atoms with Crippen molar-refractivity contribution >= 4 is 5.97 Å². The van der Waals surface area contributed by atoms with Crippen LogP contribution in [0.5, 0.6) is 11.5 Å². The predicted molar refractivity (Wildman–Crippen MR) is 76.0 cm³/mol. The number of hydrogen-bond acceptors (Lipinski definition) is 4. The van der Waals surface area contributed by atoms with E-state index < -0.39 is 5.97 Å². The van der Waals surface area contributed by atoms with E-state index in [2.05, 4.69) is 11.1 Å². The van der Waals surface area contributed by atoms with E-state index in [-0.39, 0.29) is 5.69 Å². The number of hydrogen-bond donors (Lipinski definition) is 1. The third-order valence-electron chi connectivity index (χ3n) is 3.37. The minimum absolute atomic E-state index is 0.0148. The molecular formula is C16H15NO4. The van der Waals surface area contributed by atoms with Gasteiger partial charge in [-0.2, -0.15) is 0 Å². The second-order valence-electron chi connectivity index (χ2n) is 4.82. The van der Waals surface area contributed by atoms with Gasteiger partial charge in [0.25, 0.3) is 0 Å². The Morgan fingerprint density at radius 3 is 3.00 bits per heavy atom. The van der Waals surface area contributed by atoms with Crippen molar-refractivity contribution < 1.29 is 19.4 Å². The van der Waals surface area contributed by atoms with Crippen LogP contribution in [0.3, 0.4) is 0 Å². The summed E-state index contributed by atoms with van der Waals surface area (Å²) >= 11 is 0. The summed E-state index contributed by atoms with van der Waals surface area (Å²) in [6, 6.07) is 9.25. The van der Waals surface area contributed by atoms with Gasteiger partial charge in [-0.1, -0.05) is 12.1 Å². The molecule has 21 heavy (non-hydrogen) atoms. The van der Waals surface area contributed by atoms with Gasteiger partial charge in [-0.25, -0.2) is 9.78 Å². The molecule has 0 radical (unpaired) electrons. The van der Waals surface area contributed by atoms with Gasteiger partial charge < -0.3 is 14.6 Å². The highest BCUT2D eigenvalue weighted by molar-refractivity contribution is 5.85. The number of pyridine rings is 1. The second-order valence-corrected chi connectivity index (χ2v) is 4.82. The first-order valence-electron chi connectivity index (χ1n) is 6.79. The molecule has 1 aromatic carbocycles. The van der Waals surface area contributed by atoms with Crippen LogP contribution >= 0.6 is 0 Å². The summed E-state index contributed by atoms with van der Waals surface area (Å²) in [6.45, 7) is 1.28. The van der Waals surface area contributed by atoms with Gasteiger partial charge in [-0.3, -0.25) is 0 Å². The first-order valence-corrected chi connectivity index (χ1v) is 6.79. The molecule has 0 aliphatic carbocycles. The quantitative estimate of drug-likeness (QED) is 0.913. The van der Waals surface area contributed by atoms with E-state index in [0.717, 1.165) is 25.2 Å². The number of carbonyl (C=O) groups is 1. The van der Waals surface area contributed by atoms with Crippen LogP contribution in [0.25, 0.3) is 0 Å². The van der Waals surface area contributed by atoms with Crippen molar-refractivity contribution in [1.29, 1.82) is 0 Å². The van der Waals surface area contributed by atoms with E-state index in [4.69, 9.17) is 14.6 Å². The fraction of sp³-hybridized carbons (Fsp3) is 0.250. The van der Waals surface area contributed by atoms with Gasteiger partial charge in [0, 0.05) is 12.8 Å². The van der Waals surface area contributed by atoms with E-state index in [1.165, 1.54) is 23.4 Å². The molecule has 0 amide bonds. The molecular weight excluding hydrogens is 270 g/mol. The number of rotatable bonds is 5. The topological polar surface area (TPSA) is 68.7 Å². The van der Waals surface area contributed by atoms with Crippen molar-refractivity contribution in [3.05, 3.63) is 53.3 Å². The average molecular weight is 285 g/mol. The van der Waals surface area contributed by atoms with E-state index in [1.807, 2.05) is 12.1 Å². The monoisotopic (exact) mass is 285 g/mol. The molecule has 1 aliphatic rings. The molecule has 2 aromatic rings. The lowest BCUT2D eigenvalue weighted by atomic mass is 10.1. The molecule has 0 saturated heterocycles. The zero-order valence-corrected chi connectivity index (χ0v) is 11.4. The van der Waals surface area contributed by atoms with Gasteiger partial charge in [-0.15, -0.1) is 0 Å². The van der Waals surface area contributed by atoms with Gasteiger partial charge in [0.05, 0.1) is 19.4 Å². The van der Waals surface area contributed by atoms with Crippen LogP contribution < -0.4 is 9.47 Å². The molecule has 0 unspecified atom stereocenters. The maximum absolute atomic E-state index is 10.7. The highest BCUT2D eigenvalue weighted by Crippen LogP contribution is 2.26. The lowest BCUT2D eigenvalue weighted by Crippen LogP contribution is -2.04. The maximum Gasteiger partial charge on any atom is 0.354 e. The second kappa shape index (κ2) is 5.83. The molecule has 0 spiro atoms. The summed E-state index contributed by atoms with van der Waals surface area (Å²) < 4.78 is 11.0. The van der Waals surface area contributed by atoms with Crippen molar-refractivity contribution in [2.45, 2.75) is 12.8 Å². The smallest absolute Gasteiger partial charge is 0.354 e. The third kappa shape index (κ3) is 3.13. The van der Waals surface area contributed by atoms with Gasteiger partial charge in [0.15, 0.2) is 0 Å². The van der Waals surface area contributed by atoms with Gasteiger partial charge in [-0.05, 0) is 29.3 Å². The SMILES string of the molecule is O=C(O)c1ccc(OCCc2ccc3c(c2)CCO3)cn1. The van der Waals surface area contributed by atoms with Gasteiger partial charge in [0.2, 0.25) is 0 Å². The van der Waals surface area contributed by atoms with Gasteiger partial charge >= 0.3 is 5.97 Å². The number of carboxylic acids is 1. The van der Waals surface area contributed by atoms with E-state index in [1.54, 1.807) is 6.07 Å². The van der Waals surface area contributed by atoms with Crippen LogP contribution in [-0.4, -0.2) is 29.3 Å². The summed E-state index contributed by atoms with van der Waals surface area (Å²) in [5, 5.41) is 8.76. The third-order valence-corrected chi connectivity index (χ3v) is 3.37. The lowest BCUT2D eigenvalue weighted by molar-refractivity contribution is 0.0690. The van der Waals surface area contributed by atoms with Crippen LogP contribution in [0.4, 0.5) is 0 Å². The summed E-state index contributed by atoms with van der Waals surface area (Å²) in [5.74, 6) is 0.513. The first-order chi connectivity index (χ1) is 10.2. The van der Waals surface area contributed by atoms with Crippen LogP contribution in [0.2, 0.25) is 0 Å². The molecule has 0 fully saturated rings. The standard InChI is InChI=1S/C16H15NO4/c18-16(19)14-3-2-13(10-17-14)20-7-5-11-1-4-15-12(9-11)6-8-21-15/h1-4,9-10H,5-8H2,(H,18,19). The van der Waals surface area contributed by atoms with E-state index in [9.17, 15) is 4.79 Å². The van der Waals surface area contributed by atoms with Crippen LogP contribution in [0, 0.1) is 0 Å². The zero-order chi connectivity index (χ0) is 14.7. The largest absolute Gasteiger partial charge is 0.493 e. The van der Waals surface area contributed by atoms with Crippen LogP contribution in [0.15, 0.2) is 36.5 Å². The Hall–Kier alpha value is -2.56. The summed E-state index contributed by atoms with van der Waals surface area (Å²) in [5.41, 5.74) is 2.47. The summed E-state index contributed by atoms with van der Waals surface area (Å²) in [7, 11) is 0. The molecule has 0 bridgehead atoms. The number of aromatic carboxylic acids is 1. The Kier molecular flexibility index (Phi) is 3.73. The highest BCUT2D eigenvalue weighted by atomic mass is 16.5. The fourth-order valence-electron chi connectivity index (χ4n) is 2.27. The normalized spacial score (nSPS) is 12.6. The average Bonchev–Trinajstić information content (AvgIpc) is 2.95. The van der Waals surface area contributed by atoms with E-state index >= 15 is 0 Å². The van der Waals surface area contributed by atoms with E-state index in [0.29, 0.717) is 12.4 Å².